The number of fused-ring (bicyclic) bond motifs is 2. The van der Waals surface area contributed by atoms with Crippen LogP contribution in [-0.2, 0) is 4.74 Å². The minimum absolute atomic E-state index is 0.340. The Balaban J connectivity index is 1.81. The molecule has 3 aliphatic carbocycles. The first-order valence-electron chi connectivity index (χ1n) is 8.09. The number of hydrogen-bond acceptors (Lipinski definition) is 2. The van der Waals surface area contributed by atoms with Crippen LogP contribution in [0.2, 0.25) is 0 Å². The minimum atomic E-state index is -0.420. The second kappa shape index (κ2) is 4.21. The Labute approximate surface area is 117 Å². The molecule has 3 rings (SSSR count). The molecule has 0 aromatic heterocycles. The smallest absolute Gasteiger partial charge is 0.0683 e. The maximum absolute atomic E-state index is 11.2. The monoisotopic (exact) mass is 266 g/mol. The Hall–Kier alpha value is -0.0800. The fraction of sp³-hybridized carbons (Fsp3) is 1.00. The molecule has 0 unspecified atom stereocenters. The average molecular weight is 266 g/mol. The zero-order chi connectivity index (χ0) is 13.9. The van der Waals surface area contributed by atoms with Crippen LogP contribution in [0.15, 0.2) is 0 Å². The zero-order valence-corrected chi connectivity index (χ0v) is 13.0. The molecule has 3 saturated carbocycles. The largest absolute Gasteiger partial charge is 0.390 e. The zero-order valence-electron chi connectivity index (χ0n) is 13.0. The molecule has 0 aromatic rings. The molecular formula is C17H30O2. The maximum atomic E-state index is 11.2. The molecule has 3 aliphatic rings. The molecule has 0 amide bonds. The predicted molar refractivity (Wildman–Crippen MR) is 76.9 cm³/mol. The molecule has 0 aromatic carbocycles. The van der Waals surface area contributed by atoms with E-state index >= 15 is 0 Å². The van der Waals surface area contributed by atoms with Crippen LogP contribution >= 0.6 is 0 Å². The molecule has 0 heterocycles. The van der Waals surface area contributed by atoms with Gasteiger partial charge in [0.1, 0.15) is 0 Å². The van der Waals surface area contributed by atoms with Gasteiger partial charge in [0.15, 0.2) is 0 Å². The molecule has 0 radical (unpaired) electrons. The second-order valence-electron chi connectivity index (χ2n) is 8.20. The van der Waals surface area contributed by atoms with Crippen LogP contribution in [0.1, 0.15) is 65.7 Å². The van der Waals surface area contributed by atoms with Gasteiger partial charge in [0, 0.05) is 7.11 Å². The van der Waals surface area contributed by atoms with Gasteiger partial charge in [0.25, 0.3) is 0 Å². The van der Waals surface area contributed by atoms with E-state index in [0.29, 0.717) is 22.9 Å². The highest BCUT2D eigenvalue weighted by Crippen LogP contribution is 2.71. The van der Waals surface area contributed by atoms with Crippen LogP contribution in [0.25, 0.3) is 0 Å². The number of hydrogen-bond donors (Lipinski definition) is 1. The summed E-state index contributed by atoms with van der Waals surface area (Å²) in [5, 5.41) is 11.2. The van der Waals surface area contributed by atoms with Crippen molar-refractivity contribution in [1.82, 2.24) is 0 Å². The summed E-state index contributed by atoms with van der Waals surface area (Å²) in [4.78, 5) is 0. The van der Waals surface area contributed by atoms with Gasteiger partial charge in [0.05, 0.1) is 11.7 Å². The predicted octanol–water partition coefficient (Wildman–Crippen LogP) is 3.77. The fourth-order valence-corrected chi connectivity index (χ4v) is 5.69. The molecule has 19 heavy (non-hydrogen) atoms. The normalized spacial score (nSPS) is 52.6. The SMILES string of the molecule is COC1CCC(O)([C@@H]2C[C@H]3CC[C@]2(C)C3(C)C)CC1. The summed E-state index contributed by atoms with van der Waals surface area (Å²) in [5.74, 6) is 1.33. The molecule has 1 N–H and O–H groups in total. The van der Waals surface area contributed by atoms with Crippen molar-refractivity contribution in [2.24, 2.45) is 22.7 Å². The van der Waals surface area contributed by atoms with Crippen molar-refractivity contribution in [3.63, 3.8) is 0 Å². The lowest BCUT2D eigenvalue weighted by atomic mass is 9.59. The summed E-state index contributed by atoms with van der Waals surface area (Å²) in [6, 6.07) is 0. The fourth-order valence-electron chi connectivity index (χ4n) is 5.69. The molecule has 110 valence electrons. The molecule has 0 aliphatic heterocycles. The first kappa shape index (κ1) is 13.9. The van der Waals surface area contributed by atoms with Gasteiger partial charge in [-0.25, -0.2) is 0 Å². The van der Waals surface area contributed by atoms with E-state index in [2.05, 4.69) is 20.8 Å². The summed E-state index contributed by atoms with van der Waals surface area (Å²) in [6.07, 6.45) is 8.25. The number of ether oxygens (including phenoxy) is 1. The number of aliphatic hydroxyl groups is 1. The van der Waals surface area contributed by atoms with Gasteiger partial charge < -0.3 is 9.84 Å². The third-order valence-electron chi connectivity index (χ3n) is 7.57. The standard InChI is InChI=1S/C17H30O2/c1-15(2)12-5-8-16(15,3)14(11-12)17(18)9-6-13(19-4)7-10-17/h12-14,18H,5-11H2,1-4H3/t12-,13?,14-,16+,17?/m1/s1. The van der Waals surface area contributed by atoms with E-state index < -0.39 is 5.60 Å². The molecule has 2 bridgehead atoms. The number of methoxy groups -OCH3 is 1. The van der Waals surface area contributed by atoms with Gasteiger partial charge in [-0.1, -0.05) is 20.8 Å². The Morgan fingerprint density at radius 2 is 1.63 bits per heavy atom. The molecule has 3 fully saturated rings. The van der Waals surface area contributed by atoms with Crippen molar-refractivity contribution in [3.8, 4) is 0 Å². The summed E-state index contributed by atoms with van der Waals surface area (Å²) in [7, 11) is 1.80. The Morgan fingerprint density at radius 3 is 2.05 bits per heavy atom. The Morgan fingerprint density at radius 1 is 1.00 bits per heavy atom. The quantitative estimate of drug-likeness (QED) is 0.824. The number of rotatable bonds is 2. The van der Waals surface area contributed by atoms with Crippen LogP contribution in [0.3, 0.4) is 0 Å². The minimum Gasteiger partial charge on any atom is -0.390 e. The summed E-state index contributed by atoms with van der Waals surface area (Å²) < 4.78 is 5.46. The molecule has 2 heteroatoms. The van der Waals surface area contributed by atoms with E-state index in [4.69, 9.17) is 4.74 Å². The van der Waals surface area contributed by atoms with E-state index in [1.807, 2.05) is 0 Å². The maximum Gasteiger partial charge on any atom is 0.0683 e. The van der Waals surface area contributed by atoms with E-state index in [1.165, 1.54) is 19.3 Å². The van der Waals surface area contributed by atoms with Crippen molar-refractivity contribution in [2.75, 3.05) is 7.11 Å². The van der Waals surface area contributed by atoms with Gasteiger partial charge in [0.2, 0.25) is 0 Å². The highest BCUT2D eigenvalue weighted by molar-refractivity contribution is 5.15. The van der Waals surface area contributed by atoms with Crippen LogP contribution in [-0.4, -0.2) is 23.9 Å². The Kier molecular flexibility index (Phi) is 3.07. The second-order valence-corrected chi connectivity index (χ2v) is 8.20. The third kappa shape index (κ3) is 1.75. The van der Waals surface area contributed by atoms with Gasteiger partial charge in [-0.15, -0.1) is 0 Å². The van der Waals surface area contributed by atoms with Crippen molar-refractivity contribution < 1.29 is 9.84 Å². The molecule has 3 atom stereocenters. The molecule has 0 saturated heterocycles. The van der Waals surface area contributed by atoms with E-state index in [0.717, 1.165) is 31.6 Å². The first-order chi connectivity index (χ1) is 8.83. The van der Waals surface area contributed by atoms with Gasteiger partial charge in [-0.3, -0.25) is 0 Å². The van der Waals surface area contributed by atoms with Gasteiger partial charge in [-0.05, 0) is 67.6 Å². The molecule has 0 spiro atoms. The van der Waals surface area contributed by atoms with Crippen molar-refractivity contribution in [1.29, 1.82) is 0 Å². The van der Waals surface area contributed by atoms with Crippen LogP contribution in [0, 0.1) is 22.7 Å². The van der Waals surface area contributed by atoms with Crippen LogP contribution in [0.5, 0.6) is 0 Å². The van der Waals surface area contributed by atoms with Gasteiger partial charge in [-0.2, -0.15) is 0 Å². The lowest BCUT2D eigenvalue weighted by Crippen LogP contribution is -2.49. The first-order valence-corrected chi connectivity index (χ1v) is 8.09. The van der Waals surface area contributed by atoms with Crippen molar-refractivity contribution in [2.45, 2.75) is 77.4 Å². The van der Waals surface area contributed by atoms with Crippen LogP contribution < -0.4 is 0 Å². The average Bonchev–Trinajstić information content (AvgIpc) is 2.72. The van der Waals surface area contributed by atoms with Crippen molar-refractivity contribution in [3.05, 3.63) is 0 Å². The lowest BCUT2D eigenvalue weighted by molar-refractivity contribution is -0.120. The van der Waals surface area contributed by atoms with E-state index in [-0.39, 0.29) is 0 Å². The molecule has 2 nitrogen and oxygen atoms in total. The van der Waals surface area contributed by atoms with Gasteiger partial charge >= 0.3 is 0 Å². The third-order valence-corrected chi connectivity index (χ3v) is 7.57. The highest BCUT2D eigenvalue weighted by atomic mass is 16.5. The summed E-state index contributed by atoms with van der Waals surface area (Å²) in [6.45, 7) is 7.33. The Bertz CT molecular complexity index is 354. The van der Waals surface area contributed by atoms with Crippen LogP contribution in [0.4, 0.5) is 0 Å². The summed E-state index contributed by atoms with van der Waals surface area (Å²) in [5.41, 5.74) is 0.327. The van der Waals surface area contributed by atoms with E-state index in [1.54, 1.807) is 7.11 Å². The highest BCUT2D eigenvalue weighted by Gasteiger charge is 2.65. The topological polar surface area (TPSA) is 29.5 Å². The molecular weight excluding hydrogens is 236 g/mol. The van der Waals surface area contributed by atoms with E-state index in [9.17, 15) is 5.11 Å². The summed E-state index contributed by atoms with van der Waals surface area (Å²) >= 11 is 0. The van der Waals surface area contributed by atoms with Crippen molar-refractivity contribution >= 4 is 0 Å². The lowest BCUT2D eigenvalue weighted by Gasteiger charge is -2.49.